The summed E-state index contributed by atoms with van der Waals surface area (Å²) in [5.74, 6) is -1.21. The third-order valence-corrected chi connectivity index (χ3v) is 7.39. The van der Waals surface area contributed by atoms with E-state index < -0.39 is 11.8 Å². The zero-order valence-corrected chi connectivity index (χ0v) is 24.5. The minimum absolute atomic E-state index is 0. The van der Waals surface area contributed by atoms with Gasteiger partial charge in [0.2, 0.25) is 0 Å². The monoisotopic (exact) mass is 641 g/mol. The van der Waals surface area contributed by atoms with Crippen LogP contribution in [0.5, 0.6) is 0 Å². The molecule has 0 saturated heterocycles. The summed E-state index contributed by atoms with van der Waals surface area (Å²) in [6.07, 6.45) is 5.03. The van der Waals surface area contributed by atoms with Crippen LogP contribution in [0, 0.1) is 28.5 Å². The van der Waals surface area contributed by atoms with Gasteiger partial charge in [-0.25, -0.2) is 19.2 Å². The Morgan fingerprint density at radius 2 is 1.74 bits per heavy atom. The molecule has 1 aliphatic rings. The first-order chi connectivity index (χ1) is 20.3. The Morgan fingerprint density at radius 3 is 2.35 bits per heavy atom. The third-order valence-electron chi connectivity index (χ3n) is 6.76. The normalized spacial score (nSPS) is 11.6. The van der Waals surface area contributed by atoms with E-state index in [1.54, 1.807) is 47.6 Å². The standard InChI is InChI=1S/C26H22FN3O3.C6H3BrN2.CH4/c1-3-17-13-18-8-10-30(24-19(15-28)5-4-9-29-24)25(31)22(18)14-20(17)11-16-6-7-21(23(27)12-16)26(32)33-2;7-6-5(4-8)2-1-3-9-6;/h4-7,9,12-14H,3,8,10-11H2,1-2H3;1-3H;1H4. The van der Waals surface area contributed by atoms with Gasteiger partial charge in [0.15, 0.2) is 5.82 Å². The number of rotatable bonds is 5. The SMILES string of the molecule is C.CCc1cc2c(cc1Cc1ccc(C(=O)OC)c(F)c1)C(=O)N(c1ncccc1C#N)CC2.N#Cc1cccnc1Br. The molecule has 0 N–H and O–H groups in total. The number of aryl methyl sites for hydroxylation is 1. The zero-order chi connectivity index (χ0) is 30.2. The molecule has 0 spiro atoms. The van der Waals surface area contributed by atoms with Crippen molar-refractivity contribution in [2.75, 3.05) is 18.6 Å². The molecule has 0 aliphatic carbocycles. The fourth-order valence-electron chi connectivity index (χ4n) is 4.65. The van der Waals surface area contributed by atoms with E-state index in [4.69, 9.17) is 5.26 Å². The van der Waals surface area contributed by atoms with Crippen molar-refractivity contribution in [2.45, 2.75) is 33.6 Å². The number of anilines is 1. The molecular weight excluding hydrogens is 613 g/mol. The number of aromatic nitrogens is 2. The van der Waals surface area contributed by atoms with Gasteiger partial charge < -0.3 is 4.74 Å². The molecule has 0 atom stereocenters. The average Bonchev–Trinajstić information content (AvgIpc) is 3.01. The fraction of sp³-hybridized carbons (Fsp3) is 0.212. The number of hydrogen-bond donors (Lipinski definition) is 0. The van der Waals surface area contributed by atoms with Gasteiger partial charge in [-0.05, 0) is 99.9 Å². The van der Waals surface area contributed by atoms with E-state index in [2.05, 4.69) is 36.7 Å². The molecule has 10 heteroatoms. The van der Waals surface area contributed by atoms with Crippen molar-refractivity contribution in [3.63, 3.8) is 0 Å². The van der Waals surface area contributed by atoms with Crippen molar-refractivity contribution in [1.29, 1.82) is 10.5 Å². The Balaban J connectivity index is 0.000000435. The Morgan fingerprint density at radius 1 is 1.05 bits per heavy atom. The summed E-state index contributed by atoms with van der Waals surface area (Å²) >= 11 is 3.12. The highest BCUT2D eigenvalue weighted by molar-refractivity contribution is 9.10. The Labute approximate surface area is 258 Å². The largest absolute Gasteiger partial charge is 0.465 e. The number of carbonyl (C=O) groups is 2. The lowest BCUT2D eigenvalue weighted by molar-refractivity contribution is 0.0595. The number of carbonyl (C=O) groups excluding carboxylic acids is 2. The summed E-state index contributed by atoms with van der Waals surface area (Å²) in [5, 5.41) is 17.8. The summed E-state index contributed by atoms with van der Waals surface area (Å²) < 4.78 is 19.6. The minimum atomic E-state index is -0.723. The average molecular weight is 643 g/mol. The van der Waals surface area contributed by atoms with Crippen molar-refractivity contribution in [3.8, 4) is 12.1 Å². The number of pyridine rings is 2. The van der Waals surface area contributed by atoms with Gasteiger partial charge >= 0.3 is 5.97 Å². The Kier molecular flexibility index (Phi) is 11.2. The molecule has 43 heavy (non-hydrogen) atoms. The second-order valence-corrected chi connectivity index (χ2v) is 10.0. The summed E-state index contributed by atoms with van der Waals surface area (Å²) in [7, 11) is 1.21. The molecule has 0 radical (unpaired) electrons. The number of esters is 1. The maximum atomic E-state index is 14.4. The molecule has 0 saturated carbocycles. The predicted octanol–water partition coefficient (Wildman–Crippen LogP) is 6.59. The molecule has 2 aromatic carbocycles. The molecule has 5 rings (SSSR count). The number of nitrogens with zero attached hydrogens (tertiary/aromatic N) is 5. The summed E-state index contributed by atoms with van der Waals surface area (Å²) in [5.41, 5.74) is 5.01. The van der Waals surface area contributed by atoms with Gasteiger partial charge in [-0.15, -0.1) is 0 Å². The van der Waals surface area contributed by atoms with Crippen LogP contribution in [0.15, 0.2) is 71.6 Å². The minimum Gasteiger partial charge on any atom is -0.465 e. The maximum Gasteiger partial charge on any atom is 0.340 e. The van der Waals surface area contributed by atoms with E-state index in [1.807, 2.05) is 25.1 Å². The zero-order valence-electron chi connectivity index (χ0n) is 22.9. The van der Waals surface area contributed by atoms with Crippen LogP contribution < -0.4 is 4.90 Å². The molecule has 2 aromatic heterocycles. The summed E-state index contributed by atoms with van der Waals surface area (Å²) in [6, 6.07) is 19.2. The Bertz CT molecular complexity index is 1750. The van der Waals surface area contributed by atoms with Gasteiger partial charge in [0.1, 0.15) is 22.6 Å². The van der Waals surface area contributed by atoms with E-state index in [1.165, 1.54) is 19.2 Å². The van der Waals surface area contributed by atoms with Crippen molar-refractivity contribution in [1.82, 2.24) is 9.97 Å². The van der Waals surface area contributed by atoms with Gasteiger partial charge in [-0.1, -0.05) is 26.5 Å². The first kappa shape index (κ1) is 32.6. The number of amides is 1. The number of hydrogen-bond acceptors (Lipinski definition) is 7. The number of fused-ring (bicyclic) bond motifs is 1. The number of nitriles is 2. The first-order valence-corrected chi connectivity index (χ1v) is 13.8. The quantitative estimate of drug-likeness (QED) is 0.178. The van der Waals surface area contributed by atoms with Crippen molar-refractivity contribution >= 4 is 33.6 Å². The van der Waals surface area contributed by atoms with Crippen LogP contribution in [0.25, 0.3) is 0 Å². The molecule has 0 bridgehead atoms. The second-order valence-electron chi connectivity index (χ2n) is 9.26. The van der Waals surface area contributed by atoms with Crippen LogP contribution in [0.3, 0.4) is 0 Å². The molecule has 3 heterocycles. The van der Waals surface area contributed by atoms with Crippen LogP contribution in [-0.4, -0.2) is 35.5 Å². The van der Waals surface area contributed by atoms with Crippen molar-refractivity contribution in [3.05, 3.63) is 122 Å². The van der Waals surface area contributed by atoms with Crippen LogP contribution in [0.2, 0.25) is 0 Å². The summed E-state index contributed by atoms with van der Waals surface area (Å²) in [6.45, 7) is 2.48. The molecule has 4 aromatic rings. The molecule has 1 aliphatic heterocycles. The lowest BCUT2D eigenvalue weighted by Crippen LogP contribution is -2.39. The van der Waals surface area contributed by atoms with E-state index in [-0.39, 0.29) is 18.9 Å². The molecule has 218 valence electrons. The predicted molar refractivity (Wildman–Crippen MR) is 164 cm³/mol. The third kappa shape index (κ3) is 7.29. The van der Waals surface area contributed by atoms with Gasteiger partial charge in [-0.3, -0.25) is 9.69 Å². The number of methoxy groups -OCH3 is 1. The van der Waals surface area contributed by atoms with Crippen molar-refractivity contribution in [2.24, 2.45) is 0 Å². The highest BCUT2D eigenvalue weighted by Gasteiger charge is 2.29. The smallest absolute Gasteiger partial charge is 0.340 e. The van der Waals surface area contributed by atoms with E-state index in [0.717, 1.165) is 23.1 Å². The van der Waals surface area contributed by atoms with Crippen LogP contribution in [-0.2, 0) is 24.0 Å². The molecular formula is C33H29BrFN5O3. The van der Waals surface area contributed by atoms with Crippen LogP contribution in [0.4, 0.5) is 10.2 Å². The summed E-state index contributed by atoms with van der Waals surface area (Å²) in [4.78, 5) is 34.7. The topological polar surface area (TPSA) is 120 Å². The molecule has 1 amide bonds. The van der Waals surface area contributed by atoms with Gasteiger partial charge in [0.25, 0.3) is 5.91 Å². The maximum absolute atomic E-state index is 14.4. The van der Waals surface area contributed by atoms with Crippen LogP contribution >= 0.6 is 15.9 Å². The van der Waals surface area contributed by atoms with Gasteiger partial charge in [-0.2, -0.15) is 10.5 Å². The van der Waals surface area contributed by atoms with Gasteiger partial charge in [0.05, 0.1) is 23.8 Å². The fourth-order valence-corrected chi connectivity index (χ4v) is 4.99. The van der Waals surface area contributed by atoms with Gasteiger partial charge in [0, 0.05) is 24.5 Å². The lowest BCUT2D eigenvalue weighted by atomic mass is 9.89. The Hall–Kier alpha value is -4.93. The number of halogens is 2. The second kappa shape index (κ2) is 14.8. The highest BCUT2D eigenvalue weighted by atomic mass is 79.9. The van der Waals surface area contributed by atoms with E-state index >= 15 is 0 Å². The number of benzene rings is 2. The van der Waals surface area contributed by atoms with Crippen LogP contribution in [0.1, 0.15) is 68.4 Å². The van der Waals surface area contributed by atoms with E-state index in [9.17, 15) is 19.2 Å². The highest BCUT2D eigenvalue weighted by Crippen LogP contribution is 2.29. The number of ether oxygens (including phenoxy) is 1. The van der Waals surface area contributed by atoms with Crippen molar-refractivity contribution < 1.29 is 18.7 Å². The lowest BCUT2D eigenvalue weighted by Gasteiger charge is -2.29. The first-order valence-electron chi connectivity index (χ1n) is 13.0. The van der Waals surface area contributed by atoms with E-state index in [0.29, 0.717) is 52.1 Å². The molecule has 8 nitrogen and oxygen atoms in total. The molecule has 0 fully saturated rings. The molecule has 0 unspecified atom stereocenters.